The van der Waals surface area contributed by atoms with Gasteiger partial charge in [0.05, 0.1) is 18.8 Å². The number of aromatic nitrogens is 2. The lowest BCUT2D eigenvalue weighted by molar-refractivity contribution is -0.143. The molecule has 4 unspecified atom stereocenters. The van der Waals surface area contributed by atoms with Gasteiger partial charge in [0.2, 0.25) is 17.7 Å². The number of aromatic amines is 1. The number of carboxylic acids is 2. The van der Waals surface area contributed by atoms with E-state index >= 15 is 0 Å². The predicted octanol–water partition coefficient (Wildman–Crippen LogP) is -1.10. The zero-order valence-electron chi connectivity index (χ0n) is 20.9. The van der Waals surface area contributed by atoms with Crippen LogP contribution >= 0.6 is 0 Å². The molecule has 0 aliphatic carbocycles. The number of carbonyl (C=O) groups is 5. The molecule has 2 aromatic rings. The molecule has 206 valence electrons. The van der Waals surface area contributed by atoms with Crippen LogP contribution in [0.2, 0.25) is 0 Å². The summed E-state index contributed by atoms with van der Waals surface area (Å²) in [7, 11) is 0. The number of benzene rings is 1. The van der Waals surface area contributed by atoms with Gasteiger partial charge in [-0.3, -0.25) is 19.2 Å². The zero-order chi connectivity index (χ0) is 28.4. The number of nitrogens with zero attached hydrogens (tertiary/aromatic N) is 1. The number of amides is 3. The van der Waals surface area contributed by atoms with Crippen LogP contribution in [0.3, 0.4) is 0 Å². The van der Waals surface area contributed by atoms with Crippen molar-refractivity contribution in [2.45, 2.75) is 57.3 Å². The van der Waals surface area contributed by atoms with Gasteiger partial charge in [0.15, 0.2) is 0 Å². The molecule has 14 nitrogen and oxygen atoms in total. The molecule has 14 heteroatoms. The molecule has 38 heavy (non-hydrogen) atoms. The molecule has 4 atom stereocenters. The van der Waals surface area contributed by atoms with Gasteiger partial charge in [0, 0.05) is 24.7 Å². The molecule has 3 amide bonds. The van der Waals surface area contributed by atoms with E-state index in [1.54, 1.807) is 13.8 Å². The minimum Gasteiger partial charge on any atom is -0.508 e. The number of imidazole rings is 1. The van der Waals surface area contributed by atoms with Crippen LogP contribution in [-0.4, -0.2) is 79.1 Å². The number of phenolic OH excluding ortho intramolecular Hbond substituents is 1. The highest BCUT2D eigenvalue weighted by molar-refractivity contribution is 5.95. The van der Waals surface area contributed by atoms with Crippen LogP contribution in [-0.2, 0) is 36.8 Å². The monoisotopic (exact) mass is 532 g/mol. The van der Waals surface area contributed by atoms with Crippen LogP contribution in [0, 0.1) is 5.92 Å². The van der Waals surface area contributed by atoms with Crippen molar-refractivity contribution in [3.05, 3.63) is 48.0 Å². The summed E-state index contributed by atoms with van der Waals surface area (Å²) in [5.74, 6) is -5.63. The number of phenols is 1. The summed E-state index contributed by atoms with van der Waals surface area (Å²) in [5.41, 5.74) is 6.84. The van der Waals surface area contributed by atoms with Crippen LogP contribution in [0.25, 0.3) is 0 Å². The Hall–Kier alpha value is -4.46. The van der Waals surface area contributed by atoms with Crippen molar-refractivity contribution < 1.29 is 39.3 Å². The van der Waals surface area contributed by atoms with E-state index in [1.165, 1.54) is 36.8 Å². The highest BCUT2D eigenvalue weighted by Gasteiger charge is 2.32. The third-order valence-corrected chi connectivity index (χ3v) is 5.64. The molecule has 1 heterocycles. The normalized spacial score (nSPS) is 14.1. The lowest BCUT2D eigenvalue weighted by atomic mass is 10.0. The predicted molar refractivity (Wildman–Crippen MR) is 133 cm³/mol. The summed E-state index contributed by atoms with van der Waals surface area (Å²) in [4.78, 5) is 68.4. The molecule has 1 aromatic carbocycles. The fourth-order valence-corrected chi connectivity index (χ4v) is 3.39. The molecular weight excluding hydrogens is 500 g/mol. The molecule has 0 saturated heterocycles. The number of nitrogens with two attached hydrogens (primary N) is 1. The lowest BCUT2D eigenvalue weighted by Crippen LogP contribution is -2.58. The lowest BCUT2D eigenvalue weighted by Gasteiger charge is -2.25. The summed E-state index contributed by atoms with van der Waals surface area (Å²) in [6.45, 7) is 3.44. The van der Waals surface area contributed by atoms with Crippen molar-refractivity contribution in [3.63, 3.8) is 0 Å². The van der Waals surface area contributed by atoms with E-state index in [4.69, 9.17) is 5.73 Å². The van der Waals surface area contributed by atoms with E-state index in [2.05, 4.69) is 25.9 Å². The first kappa shape index (κ1) is 29.8. The Morgan fingerprint density at radius 2 is 1.47 bits per heavy atom. The quantitative estimate of drug-likeness (QED) is 0.146. The van der Waals surface area contributed by atoms with E-state index in [9.17, 15) is 39.3 Å². The van der Waals surface area contributed by atoms with Crippen molar-refractivity contribution >= 4 is 29.7 Å². The summed E-state index contributed by atoms with van der Waals surface area (Å²) in [5, 5.41) is 35.3. The minimum atomic E-state index is -1.65. The summed E-state index contributed by atoms with van der Waals surface area (Å²) in [6.07, 6.45) is 1.71. The first-order valence-corrected chi connectivity index (χ1v) is 11.7. The summed E-state index contributed by atoms with van der Waals surface area (Å²) < 4.78 is 0. The Morgan fingerprint density at radius 3 is 2.00 bits per heavy atom. The SMILES string of the molecule is CC(C)C(N)C(=O)NC(Cc1cnc[nH]1)C(=O)NC(CC(=O)O)C(=O)NC(Cc1ccc(O)cc1)C(=O)O. The molecule has 0 bridgehead atoms. The standard InChI is InChI=1S/C24H32N6O8/c1-12(2)20(25)23(36)29-16(8-14-10-26-11-27-14)21(34)28-17(9-19(32)33)22(35)30-18(24(37)38)7-13-3-5-15(31)6-4-13/h3-6,10-12,16-18,20,31H,7-9,25H2,1-2H3,(H,26,27)(H,28,34)(H,29,36)(H,30,35)(H,32,33)(H,37,38). The first-order valence-electron chi connectivity index (χ1n) is 11.7. The number of rotatable bonds is 14. The summed E-state index contributed by atoms with van der Waals surface area (Å²) >= 11 is 0. The molecule has 0 saturated carbocycles. The van der Waals surface area contributed by atoms with E-state index in [0.29, 0.717) is 11.3 Å². The van der Waals surface area contributed by atoms with Crippen molar-refractivity contribution in [1.29, 1.82) is 0 Å². The fourth-order valence-electron chi connectivity index (χ4n) is 3.39. The van der Waals surface area contributed by atoms with Gasteiger partial charge in [-0.15, -0.1) is 0 Å². The average Bonchev–Trinajstić information content (AvgIpc) is 3.36. The number of nitrogens with one attached hydrogen (secondary N) is 4. The molecule has 0 fully saturated rings. The number of hydrogen-bond donors (Lipinski definition) is 8. The fraction of sp³-hybridized carbons (Fsp3) is 0.417. The van der Waals surface area contributed by atoms with Gasteiger partial charge in [-0.1, -0.05) is 26.0 Å². The first-order chi connectivity index (χ1) is 17.9. The third kappa shape index (κ3) is 9.20. The van der Waals surface area contributed by atoms with E-state index in [1.807, 2.05) is 0 Å². The van der Waals surface area contributed by atoms with Gasteiger partial charge in [0.25, 0.3) is 0 Å². The Morgan fingerprint density at radius 1 is 0.895 bits per heavy atom. The van der Waals surface area contributed by atoms with Gasteiger partial charge in [-0.05, 0) is 23.6 Å². The average molecular weight is 533 g/mol. The second-order valence-corrected chi connectivity index (χ2v) is 9.04. The van der Waals surface area contributed by atoms with Crippen LogP contribution in [0.15, 0.2) is 36.8 Å². The van der Waals surface area contributed by atoms with Crippen LogP contribution < -0.4 is 21.7 Å². The molecule has 2 rings (SSSR count). The number of aliphatic carboxylic acids is 2. The van der Waals surface area contributed by atoms with Crippen molar-refractivity contribution in [1.82, 2.24) is 25.9 Å². The Bertz CT molecular complexity index is 1120. The number of carboxylic acid groups (broad SMARTS) is 2. The van der Waals surface area contributed by atoms with Crippen molar-refractivity contribution in [2.75, 3.05) is 0 Å². The van der Waals surface area contributed by atoms with Crippen molar-refractivity contribution in [3.8, 4) is 5.75 Å². The van der Waals surface area contributed by atoms with Gasteiger partial charge in [-0.25, -0.2) is 9.78 Å². The largest absolute Gasteiger partial charge is 0.508 e. The van der Waals surface area contributed by atoms with Crippen LogP contribution in [0.1, 0.15) is 31.5 Å². The van der Waals surface area contributed by atoms with Crippen molar-refractivity contribution in [2.24, 2.45) is 11.7 Å². The maximum absolute atomic E-state index is 13.1. The van der Waals surface area contributed by atoms with Crippen LogP contribution in [0.5, 0.6) is 5.75 Å². The highest BCUT2D eigenvalue weighted by atomic mass is 16.4. The maximum atomic E-state index is 13.1. The van der Waals surface area contributed by atoms with Gasteiger partial charge in [0.1, 0.15) is 23.9 Å². The third-order valence-electron chi connectivity index (χ3n) is 5.64. The van der Waals surface area contributed by atoms with Gasteiger partial charge >= 0.3 is 11.9 Å². The van der Waals surface area contributed by atoms with Crippen LogP contribution in [0.4, 0.5) is 0 Å². The molecule has 1 aromatic heterocycles. The minimum absolute atomic E-state index is 0.0278. The number of H-pyrrole nitrogens is 1. The zero-order valence-corrected chi connectivity index (χ0v) is 20.9. The smallest absolute Gasteiger partial charge is 0.326 e. The van der Waals surface area contributed by atoms with Gasteiger partial charge in [-0.2, -0.15) is 0 Å². The Balaban J connectivity index is 2.20. The topological polar surface area (TPSA) is 237 Å². The number of carbonyl (C=O) groups excluding carboxylic acids is 3. The molecule has 0 aliphatic heterocycles. The maximum Gasteiger partial charge on any atom is 0.326 e. The van der Waals surface area contributed by atoms with Gasteiger partial charge < -0.3 is 42.0 Å². The molecule has 9 N–H and O–H groups in total. The number of hydrogen-bond acceptors (Lipinski definition) is 8. The molecule has 0 spiro atoms. The second kappa shape index (κ2) is 13.7. The molecule has 0 aliphatic rings. The molecular formula is C24H32N6O8. The molecule has 0 radical (unpaired) electrons. The second-order valence-electron chi connectivity index (χ2n) is 9.04. The highest BCUT2D eigenvalue weighted by Crippen LogP contribution is 2.12. The van der Waals surface area contributed by atoms with E-state index in [0.717, 1.165) is 0 Å². The van der Waals surface area contributed by atoms with E-state index in [-0.39, 0.29) is 24.5 Å². The number of aromatic hydroxyl groups is 1. The van der Waals surface area contributed by atoms with E-state index < -0.39 is 60.2 Å². The summed E-state index contributed by atoms with van der Waals surface area (Å²) in [6, 6.07) is 0.361. The Kier molecular flexibility index (Phi) is 10.8. The Labute approximate surface area is 218 Å².